The van der Waals surface area contributed by atoms with Gasteiger partial charge in [0, 0.05) is 17.7 Å². The Hall–Kier alpha value is -3.73. The van der Waals surface area contributed by atoms with Gasteiger partial charge in [-0.3, -0.25) is 4.79 Å². The van der Waals surface area contributed by atoms with Crippen LogP contribution in [0.3, 0.4) is 0 Å². The third-order valence-electron chi connectivity index (χ3n) is 7.12. The van der Waals surface area contributed by atoms with Crippen molar-refractivity contribution >= 4 is 17.2 Å². The summed E-state index contributed by atoms with van der Waals surface area (Å²) in [6.07, 6.45) is 1.20. The zero-order chi connectivity index (χ0) is 24.5. The predicted molar refractivity (Wildman–Crippen MR) is 141 cm³/mol. The fourth-order valence-corrected chi connectivity index (χ4v) is 5.16. The third kappa shape index (κ3) is 4.39. The van der Waals surface area contributed by atoms with E-state index in [1.165, 1.54) is 5.56 Å². The molecule has 2 atom stereocenters. The molecule has 3 aromatic rings. The van der Waals surface area contributed by atoms with Gasteiger partial charge in [0.1, 0.15) is 0 Å². The van der Waals surface area contributed by atoms with Crippen LogP contribution < -0.4 is 20.1 Å². The van der Waals surface area contributed by atoms with Crippen LogP contribution in [-0.2, 0) is 4.79 Å². The topological polar surface area (TPSA) is 59.6 Å². The minimum absolute atomic E-state index is 0.0581. The zero-order valence-corrected chi connectivity index (χ0v) is 20.7. The highest BCUT2D eigenvalue weighted by Crippen LogP contribution is 2.45. The number of fused-ring (bicyclic) bond motifs is 1. The van der Waals surface area contributed by atoms with E-state index in [-0.39, 0.29) is 17.7 Å². The number of allylic oxidation sites excluding steroid dienone is 1. The van der Waals surface area contributed by atoms with Crippen LogP contribution in [0, 0.1) is 0 Å². The van der Waals surface area contributed by atoms with Crippen LogP contribution in [0.5, 0.6) is 11.5 Å². The SMILES string of the molecule is COc1ccc([C@H]2CC(=O)C3=C(C2)Nc2ccccc2N[C@H]3c2ccc(C(C)C)cc2)cc1OC. The summed E-state index contributed by atoms with van der Waals surface area (Å²) in [5.41, 5.74) is 7.26. The number of Topliss-reactive ketones (excluding diaryl/α,β-unsaturated/α-hetero) is 1. The average Bonchev–Trinajstić information content (AvgIpc) is 3.05. The van der Waals surface area contributed by atoms with Crippen LogP contribution in [0.25, 0.3) is 0 Å². The predicted octanol–water partition coefficient (Wildman–Crippen LogP) is 6.81. The van der Waals surface area contributed by atoms with Crippen LogP contribution >= 0.6 is 0 Å². The van der Waals surface area contributed by atoms with Crippen molar-refractivity contribution in [2.45, 2.75) is 44.6 Å². The Morgan fingerprint density at radius 1 is 0.829 bits per heavy atom. The Morgan fingerprint density at radius 3 is 2.20 bits per heavy atom. The van der Waals surface area contributed by atoms with Gasteiger partial charge in [-0.1, -0.05) is 56.3 Å². The number of rotatable bonds is 5. The van der Waals surface area contributed by atoms with E-state index in [1.807, 2.05) is 30.3 Å². The van der Waals surface area contributed by atoms with Crippen LogP contribution in [0.15, 0.2) is 78.0 Å². The Kier molecular flexibility index (Phi) is 6.25. The molecule has 0 unspecified atom stereocenters. The van der Waals surface area contributed by atoms with Gasteiger partial charge in [-0.25, -0.2) is 0 Å². The molecule has 5 rings (SSSR count). The van der Waals surface area contributed by atoms with Crippen LogP contribution in [0.1, 0.15) is 61.3 Å². The van der Waals surface area contributed by atoms with Gasteiger partial charge in [0.2, 0.25) is 0 Å². The maximum Gasteiger partial charge on any atom is 0.163 e. The minimum Gasteiger partial charge on any atom is -0.493 e. The molecule has 0 bridgehead atoms. The van der Waals surface area contributed by atoms with Gasteiger partial charge in [0.15, 0.2) is 17.3 Å². The van der Waals surface area contributed by atoms with E-state index in [0.29, 0.717) is 23.8 Å². The van der Waals surface area contributed by atoms with Crippen LogP contribution in [-0.4, -0.2) is 20.0 Å². The first-order chi connectivity index (χ1) is 17.0. The normalized spacial score (nSPS) is 19.3. The summed E-state index contributed by atoms with van der Waals surface area (Å²) in [4.78, 5) is 13.8. The Bertz CT molecular complexity index is 1280. The highest BCUT2D eigenvalue weighted by molar-refractivity contribution is 6.01. The number of benzene rings is 3. The molecule has 0 amide bonds. The number of hydrogen-bond donors (Lipinski definition) is 2. The molecule has 0 spiro atoms. The monoisotopic (exact) mass is 468 g/mol. The first kappa shape index (κ1) is 23.0. The molecule has 0 fully saturated rings. The standard InChI is InChI=1S/C30H32N2O3/c1-18(2)19-9-11-20(12-10-19)30-29-25(31-23-7-5-6-8-24(23)32-30)15-22(16-26(29)33)21-13-14-27(34-3)28(17-21)35-4/h5-14,17-18,22,30-32H,15-16H2,1-4H3/t22-,30+/m1/s1. The number of ether oxygens (including phenoxy) is 2. The second-order valence-corrected chi connectivity index (χ2v) is 9.60. The lowest BCUT2D eigenvalue weighted by molar-refractivity contribution is -0.116. The van der Waals surface area contributed by atoms with E-state index in [1.54, 1.807) is 14.2 Å². The van der Waals surface area contributed by atoms with E-state index in [0.717, 1.165) is 40.2 Å². The van der Waals surface area contributed by atoms with Gasteiger partial charge in [-0.05, 0) is 59.2 Å². The molecule has 5 nitrogen and oxygen atoms in total. The van der Waals surface area contributed by atoms with Crippen molar-refractivity contribution in [1.82, 2.24) is 0 Å². The molecular formula is C30H32N2O3. The van der Waals surface area contributed by atoms with Gasteiger partial charge in [-0.15, -0.1) is 0 Å². The second-order valence-electron chi connectivity index (χ2n) is 9.60. The van der Waals surface area contributed by atoms with E-state index >= 15 is 0 Å². The van der Waals surface area contributed by atoms with Gasteiger partial charge < -0.3 is 20.1 Å². The number of anilines is 2. The smallest absolute Gasteiger partial charge is 0.163 e. The van der Waals surface area contributed by atoms with Crippen molar-refractivity contribution < 1.29 is 14.3 Å². The molecule has 35 heavy (non-hydrogen) atoms. The summed E-state index contributed by atoms with van der Waals surface area (Å²) >= 11 is 0. The summed E-state index contributed by atoms with van der Waals surface area (Å²) in [5, 5.41) is 7.28. The maximum atomic E-state index is 13.8. The minimum atomic E-state index is -0.207. The van der Waals surface area contributed by atoms with Crippen LogP contribution in [0.4, 0.5) is 11.4 Å². The Labute approximate surface area is 207 Å². The first-order valence-electron chi connectivity index (χ1n) is 12.2. The van der Waals surface area contributed by atoms with E-state index in [2.05, 4.69) is 60.9 Å². The number of nitrogens with one attached hydrogen (secondary N) is 2. The summed E-state index contributed by atoms with van der Waals surface area (Å²) in [5.74, 6) is 2.05. The highest BCUT2D eigenvalue weighted by Gasteiger charge is 2.36. The van der Waals surface area contributed by atoms with Crippen molar-refractivity contribution in [2.75, 3.05) is 24.9 Å². The quantitative estimate of drug-likeness (QED) is 0.431. The molecule has 0 saturated carbocycles. The average molecular weight is 469 g/mol. The Balaban J connectivity index is 1.56. The van der Waals surface area contributed by atoms with E-state index in [9.17, 15) is 4.79 Å². The second kappa shape index (κ2) is 9.49. The summed E-state index contributed by atoms with van der Waals surface area (Å²) in [7, 11) is 3.27. The Morgan fingerprint density at radius 2 is 1.51 bits per heavy atom. The number of para-hydroxylation sites is 2. The zero-order valence-electron chi connectivity index (χ0n) is 20.7. The van der Waals surface area contributed by atoms with E-state index < -0.39 is 0 Å². The molecule has 0 radical (unpaired) electrons. The fraction of sp³-hybridized carbons (Fsp3) is 0.300. The molecular weight excluding hydrogens is 436 g/mol. The number of carbonyl (C=O) groups is 1. The van der Waals surface area contributed by atoms with Crippen LogP contribution in [0.2, 0.25) is 0 Å². The summed E-state index contributed by atoms with van der Waals surface area (Å²) < 4.78 is 10.9. The van der Waals surface area contributed by atoms with Crippen molar-refractivity contribution in [3.8, 4) is 11.5 Å². The largest absolute Gasteiger partial charge is 0.493 e. The number of ketones is 1. The lowest BCUT2D eigenvalue weighted by Crippen LogP contribution is -2.26. The summed E-state index contributed by atoms with van der Waals surface area (Å²) in [6, 6.07) is 22.5. The van der Waals surface area contributed by atoms with E-state index in [4.69, 9.17) is 9.47 Å². The number of carbonyl (C=O) groups excluding carboxylic acids is 1. The fourth-order valence-electron chi connectivity index (χ4n) is 5.16. The van der Waals surface area contributed by atoms with Crippen molar-refractivity contribution in [3.63, 3.8) is 0 Å². The molecule has 3 aromatic carbocycles. The third-order valence-corrected chi connectivity index (χ3v) is 7.12. The molecule has 5 heteroatoms. The highest BCUT2D eigenvalue weighted by atomic mass is 16.5. The van der Waals surface area contributed by atoms with Crippen molar-refractivity contribution in [2.24, 2.45) is 0 Å². The van der Waals surface area contributed by atoms with Gasteiger partial charge in [-0.2, -0.15) is 0 Å². The molecule has 1 aliphatic heterocycles. The number of hydrogen-bond acceptors (Lipinski definition) is 5. The van der Waals surface area contributed by atoms with Gasteiger partial charge in [0.05, 0.1) is 31.6 Å². The number of methoxy groups -OCH3 is 2. The van der Waals surface area contributed by atoms with Gasteiger partial charge in [0.25, 0.3) is 0 Å². The molecule has 1 heterocycles. The lowest BCUT2D eigenvalue weighted by atomic mass is 9.78. The molecule has 180 valence electrons. The van der Waals surface area contributed by atoms with Crippen molar-refractivity contribution in [3.05, 3.63) is 94.7 Å². The van der Waals surface area contributed by atoms with Gasteiger partial charge >= 0.3 is 0 Å². The molecule has 2 N–H and O–H groups in total. The summed E-state index contributed by atoms with van der Waals surface area (Å²) in [6.45, 7) is 4.39. The molecule has 2 aliphatic rings. The molecule has 1 aliphatic carbocycles. The van der Waals surface area contributed by atoms with Crippen molar-refractivity contribution in [1.29, 1.82) is 0 Å². The maximum absolute atomic E-state index is 13.8. The first-order valence-corrected chi connectivity index (χ1v) is 12.2. The molecule has 0 aromatic heterocycles. The lowest BCUT2D eigenvalue weighted by Gasteiger charge is -2.30. The molecule has 0 saturated heterocycles.